The Kier molecular flexibility index (Phi) is 4.58. The standard InChI is InChI=1S/C20H19ClFN5/c1-2-8-27-18-6-4-14(23)11-17(18)25-19(27)12-26-9-7-24-20(26)13-3-5-16(22)15(21)10-13/h3-7,9-11H,2,8,12,23H2,1H3. The van der Waals surface area contributed by atoms with Crippen LogP contribution in [0.4, 0.5) is 10.1 Å². The monoisotopic (exact) mass is 383 g/mol. The number of fused-ring (bicyclic) bond motifs is 1. The molecule has 0 aliphatic heterocycles. The van der Waals surface area contributed by atoms with Crippen LogP contribution >= 0.6 is 11.6 Å². The van der Waals surface area contributed by atoms with Crippen molar-refractivity contribution in [3.8, 4) is 11.4 Å². The number of halogens is 2. The molecule has 2 aromatic heterocycles. The van der Waals surface area contributed by atoms with Crippen LogP contribution in [0.3, 0.4) is 0 Å². The van der Waals surface area contributed by atoms with E-state index in [-0.39, 0.29) is 5.02 Å². The Hall–Kier alpha value is -2.86. The van der Waals surface area contributed by atoms with Crippen molar-refractivity contribution in [2.45, 2.75) is 26.4 Å². The molecule has 0 radical (unpaired) electrons. The molecule has 5 nitrogen and oxygen atoms in total. The van der Waals surface area contributed by atoms with Gasteiger partial charge in [0, 0.05) is 30.2 Å². The highest BCUT2D eigenvalue weighted by atomic mass is 35.5. The fourth-order valence-corrected chi connectivity index (χ4v) is 3.46. The number of benzene rings is 2. The lowest BCUT2D eigenvalue weighted by Crippen LogP contribution is -2.09. The van der Waals surface area contributed by atoms with Gasteiger partial charge in [-0.25, -0.2) is 14.4 Å². The molecule has 2 aromatic carbocycles. The number of nitrogens with two attached hydrogens (primary N) is 1. The lowest BCUT2D eigenvalue weighted by Gasteiger charge is -2.11. The van der Waals surface area contributed by atoms with E-state index in [1.165, 1.54) is 6.07 Å². The Morgan fingerprint density at radius 2 is 2.04 bits per heavy atom. The minimum atomic E-state index is -0.444. The number of nitrogen functional groups attached to an aromatic ring is 1. The number of aromatic nitrogens is 4. The third-order valence-corrected chi connectivity index (χ3v) is 4.79. The number of anilines is 1. The van der Waals surface area contributed by atoms with Gasteiger partial charge in [-0.1, -0.05) is 18.5 Å². The first-order valence-corrected chi connectivity index (χ1v) is 9.16. The van der Waals surface area contributed by atoms with E-state index in [9.17, 15) is 4.39 Å². The summed E-state index contributed by atoms with van der Waals surface area (Å²) in [5.74, 6) is 1.19. The highest BCUT2D eigenvalue weighted by molar-refractivity contribution is 6.31. The number of hydrogen-bond donors (Lipinski definition) is 1. The Bertz CT molecular complexity index is 1110. The molecule has 4 rings (SSSR count). The molecule has 2 N–H and O–H groups in total. The summed E-state index contributed by atoms with van der Waals surface area (Å²) < 4.78 is 17.7. The molecule has 0 aliphatic carbocycles. The molecular weight excluding hydrogens is 365 g/mol. The molecule has 0 spiro atoms. The highest BCUT2D eigenvalue weighted by Crippen LogP contribution is 2.25. The molecule has 0 saturated heterocycles. The van der Waals surface area contributed by atoms with Gasteiger partial charge in [-0.15, -0.1) is 0 Å². The van der Waals surface area contributed by atoms with Crippen LogP contribution in [0.2, 0.25) is 5.02 Å². The smallest absolute Gasteiger partial charge is 0.141 e. The molecule has 0 saturated carbocycles. The van der Waals surface area contributed by atoms with Gasteiger partial charge in [0.2, 0.25) is 0 Å². The summed E-state index contributed by atoms with van der Waals surface area (Å²) >= 11 is 5.94. The van der Waals surface area contributed by atoms with E-state index in [0.29, 0.717) is 18.1 Å². The molecular formula is C20H19ClFN5. The van der Waals surface area contributed by atoms with Crippen molar-refractivity contribution < 1.29 is 4.39 Å². The first kappa shape index (κ1) is 17.5. The molecule has 4 aromatic rings. The van der Waals surface area contributed by atoms with Crippen LogP contribution in [-0.2, 0) is 13.1 Å². The van der Waals surface area contributed by atoms with Gasteiger partial charge in [-0.05, 0) is 42.8 Å². The maximum atomic E-state index is 13.5. The Balaban J connectivity index is 1.76. The molecule has 0 fully saturated rings. The van der Waals surface area contributed by atoms with E-state index in [1.54, 1.807) is 18.3 Å². The second-order valence-electron chi connectivity index (χ2n) is 6.44. The zero-order valence-electron chi connectivity index (χ0n) is 14.9. The van der Waals surface area contributed by atoms with Gasteiger partial charge in [0.15, 0.2) is 0 Å². The van der Waals surface area contributed by atoms with E-state index in [0.717, 1.165) is 35.4 Å². The van der Waals surface area contributed by atoms with Gasteiger partial charge in [-0.2, -0.15) is 0 Å². The molecule has 7 heteroatoms. The van der Waals surface area contributed by atoms with Gasteiger partial charge < -0.3 is 14.9 Å². The Morgan fingerprint density at radius 3 is 2.81 bits per heavy atom. The van der Waals surface area contributed by atoms with Gasteiger partial charge in [0.25, 0.3) is 0 Å². The predicted molar refractivity (Wildman–Crippen MR) is 106 cm³/mol. The highest BCUT2D eigenvalue weighted by Gasteiger charge is 2.14. The van der Waals surface area contributed by atoms with E-state index in [1.807, 2.05) is 29.0 Å². The zero-order valence-corrected chi connectivity index (χ0v) is 15.6. The van der Waals surface area contributed by atoms with Gasteiger partial charge in [-0.3, -0.25) is 0 Å². The van der Waals surface area contributed by atoms with Crippen LogP contribution in [0, 0.1) is 5.82 Å². The topological polar surface area (TPSA) is 61.7 Å². The molecule has 0 unspecified atom stereocenters. The fraction of sp³-hybridized carbons (Fsp3) is 0.200. The molecule has 0 amide bonds. The van der Waals surface area contributed by atoms with Crippen molar-refractivity contribution in [3.05, 3.63) is 65.5 Å². The van der Waals surface area contributed by atoms with Crippen LogP contribution in [0.1, 0.15) is 19.2 Å². The quantitative estimate of drug-likeness (QED) is 0.506. The first-order valence-electron chi connectivity index (χ1n) is 8.78. The summed E-state index contributed by atoms with van der Waals surface area (Å²) in [5, 5.41) is 0.0794. The molecule has 138 valence electrons. The zero-order chi connectivity index (χ0) is 19.0. The van der Waals surface area contributed by atoms with Gasteiger partial charge >= 0.3 is 0 Å². The number of aryl methyl sites for hydroxylation is 1. The van der Waals surface area contributed by atoms with Crippen molar-refractivity contribution in [3.63, 3.8) is 0 Å². The van der Waals surface area contributed by atoms with Gasteiger partial charge in [0.1, 0.15) is 17.5 Å². The summed E-state index contributed by atoms with van der Waals surface area (Å²) in [6.07, 6.45) is 4.60. The van der Waals surface area contributed by atoms with E-state index in [2.05, 4.69) is 16.5 Å². The van der Waals surface area contributed by atoms with Crippen molar-refractivity contribution in [2.75, 3.05) is 5.73 Å². The summed E-state index contributed by atoms with van der Waals surface area (Å²) in [6, 6.07) is 10.4. The molecule has 27 heavy (non-hydrogen) atoms. The maximum absolute atomic E-state index is 13.5. The average Bonchev–Trinajstić information content (AvgIpc) is 3.23. The minimum Gasteiger partial charge on any atom is -0.399 e. The van der Waals surface area contributed by atoms with E-state index >= 15 is 0 Å². The summed E-state index contributed by atoms with van der Waals surface area (Å²) in [4.78, 5) is 9.20. The third-order valence-electron chi connectivity index (χ3n) is 4.50. The second kappa shape index (κ2) is 7.04. The first-order chi connectivity index (χ1) is 13.1. The summed E-state index contributed by atoms with van der Waals surface area (Å²) in [7, 11) is 0. The van der Waals surface area contributed by atoms with Crippen molar-refractivity contribution in [1.82, 2.24) is 19.1 Å². The second-order valence-corrected chi connectivity index (χ2v) is 6.84. The summed E-state index contributed by atoms with van der Waals surface area (Å²) in [6.45, 7) is 3.54. The number of rotatable bonds is 5. The Labute approximate surface area is 161 Å². The minimum absolute atomic E-state index is 0.0794. The molecule has 0 atom stereocenters. The van der Waals surface area contributed by atoms with Crippen molar-refractivity contribution >= 4 is 28.3 Å². The van der Waals surface area contributed by atoms with Gasteiger partial charge in [0.05, 0.1) is 22.6 Å². The fourth-order valence-electron chi connectivity index (χ4n) is 3.28. The van der Waals surface area contributed by atoms with E-state index in [4.69, 9.17) is 22.3 Å². The maximum Gasteiger partial charge on any atom is 0.141 e. The molecule has 2 heterocycles. The number of nitrogens with zero attached hydrogens (tertiary/aromatic N) is 4. The largest absolute Gasteiger partial charge is 0.399 e. The lowest BCUT2D eigenvalue weighted by molar-refractivity contribution is 0.625. The summed E-state index contributed by atoms with van der Waals surface area (Å²) in [5.41, 5.74) is 9.31. The van der Waals surface area contributed by atoms with E-state index < -0.39 is 5.82 Å². The van der Waals surface area contributed by atoms with Crippen molar-refractivity contribution in [2.24, 2.45) is 0 Å². The van der Waals surface area contributed by atoms with Crippen LogP contribution in [0.25, 0.3) is 22.4 Å². The van der Waals surface area contributed by atoms with Crippen LogP contribution in [0.15, 0.2) is 48.8 Å². The van der Waals surface area contributed by atoms with Crippen LogP contribution < -0.4 is 5.73 Å². The average molecular weight is 384 g/mol. The SMILES string of the molecule is CCCn1c(Cn2ccnc2-c2ccc(F)c(Cl)c2)nc2cc(N)ccc21. The van der Waals surface area contributed by atoms with Crippen LogP contribution in [0.5, 0.6) is 0 Å². The predicted octanol–water partition coefficient (Wildman–Crippen LogP) is 4.73. The van der Waals surface area contributed by atoms with Crippen molar-refractivity contribution in [1.29, 1.82) is 0 Å². The molecule has 0 aliphatic rings. The number of hydrogen-bond acceptors (Lipinski definition) is 3. The normalized spacial score (nSPS) is 11.4. The number of imidazole rings is 2. The lowest BCUT2D eigenvalue weighted by atomic mass is 10.2. The Morgan fingerprint density at radius 1 is 1.19 bits per heavy atom. The third kappa shape index (κ3) is 3.28. The van der Waals surface area contributed by atoms with Crippen LogP contribution in [-0.4, -0.2) is 19.1 Å². The molecule has 0 bridgehead atoms.